The molecule has 10 aromatic rings. The Kier molecular flexibility index (Phi) is 10.2. The average molecular weight is 827 g/mol. The number of aromatic nitrogens is 1. The van der Waals surface area contributed by atoms with Gasteiger partial charge in [-0.05, 0) is 111 Å². The first-order chi connectivity index (χ1) is 31.4. The van der Waals surface area contributed by atoms with Gasteiger partial charge in [0.15, 0.2) is 0 Å². The standard InChI is InChI=1S/C62H54N2/c1-62(2,3)47-39-36-44(37-40-47)49-26-10-14-32-56(49)64(59-35-17-12-28-52(59)54-31-19-23-45-22-18-30-51(61(45)54)43-20-6-4-7-21-43)57-33-15-11-27-50(57)46-38-41-60-55(42-46)53-29-13-16-34-58(53)63(60)48-24-8-5-9-25-48/h5,8-19,22-43H,4,6-7,20-21H2,1-3H3. The first-order valence-corrected chi connectivity index (χ1v) is 23.2. The molecule has 0 amide bonds. The lowest BCUT2D eigenvalue weighted by Gasteiger charge is -2.32. The van der Waals surface area contributed by atoms with Crippen LogP contribution in [0.15, 0.2) is 206 Å². The molecule has 1 fully saturated rings. The third-order valence-electron chi connectivity index (χ3n) is 13.8. The summed E-state index contributed by atoms with van der Waals surface area (Å²) < 4.78 is 2.40. The first kappa shape index (κ1) is 39.7. The van der Waals surface area contributed by atoms with Crippen molar-refractivity contribution in [3.63, 3.8) is 0 Å². The van der Waals surface area contributed by atoms with Crippen LogP contribution in [0, 0.1) is 0 Å². The van der Waals surface area contributed by atoms with Crippen LogP contribution in [0.25, 0.3) is 71.6 Å². The van der Waals surface area contributed by atoms with E-state index in [1.807, 2.05) is 0 Å². The fraction of sp³-hybridized carbons (Fsp3) is 0.161. The first-order valence-electron chi connectivity index (χ1n) is 23.2. The molecule has 2 heteroatoms. The van der Waals surface area contributed by atoms with E-state index in [1.54, 1.807) is 0 Å². The van der Waals surface area contributed by atoms with Crippen LogP contribution in [0.5, 0.6) is 0 Å². The van der Waals surface area contributed by atoms with Gasteiger partial charge in [0.05, 0.1) is 28.1 Å². The van der Waals surface area contributed by atoms with E-state index in [1.165, 1.54) is 109 Å². The summed E-state index contributed by atoms with van der Waals surface area (Å²) in [5.41, 5.74) is 17.1. The molecular formula is C62H54N2. The van der Waals surface area contributed by atoms with Crippen molar-refractivity contribution in [2.75, 3.05) is 4.90 Å². The van der Waals surface area contributed by atoms with Gasteiger partial charge in [0.1, 0.15) is 0 Å². The lowest BCUT2D eigenvalue weighted by Crippen LogP contribution is -2.14. The molecule has 1 aliphatic carbocycles. The zero-order valence-corrected chi connectivity index (χ0v) is 37.1. The Labute approximate surface area is 378 Å². The van der Waals surface area contributed by atoms with Gasteiger partial charge in [-0.1, -0.05) is 198 Å². The van der Waals surface area contributed by atoms with Gasteiger partial charge in [0, 0.05) is 33.2 Å². The van der Waals surface area contributed by atoms with Gasteiger partial charge in [0.25, 0.3) is 0 Å². The van der Waals surface area contributed by atoms with Crippen LogP contribution in [-0.2, 0) is 5.41 Å². The summed E-state index contributed by atoms with van der Waals surface area (Å²) in [6.45, 7) is 6.86. The number of nitrogens with zero attached hydrogens (tertiary/aromatic N) is 2. The number of fused-ring (bicyclic) bond motifs is 4. The Morgan fingerprint density at radius 3 is 1.69 bits per heavy atom. The molecule has 1 heterocycles. The summed E-state index contributed by atoms with van der Waals surface area (Å²) in [6, 6.07) is 76.9. The Balaban J connectivity index is 1.16. The summed E-state index contributed by atoms with van der Waals surface area (Å²) in [4.78, 5) is 2.55. The average Bonchev–Trinajstić information content (AvgIpc) is 3.68. The van der Waals surface area contributed by atoms with Crippen LogP contribution in [0.4, 0.5) is 17.1 Å². The lowest BCUT2D eigenvalue weighted by molar-refractivity contribution is 0.445. The predicted molar refractivity (Wildman–Crippen MR) is 274 cm³/mol. The van der Waals surface area contributed by atoms with Gasteiger partial charge in [-0.25, -0.2) is 0 Å². The summed E-state index contributed by atoms with van der Waals surface area (Å²) in [6.07, 6.45) is 6.45. The number of hydrogen-bond donors (Lipinski definition) is 0. The highest BCUT2D eigenvalue weighted by molar-refractivity contribution is 6.11. The fourth-order valence-corrected chi connectivity index (χ4v) is 10.6. The van der Waals surface area contributed by atoms with E-state index >= 15 is 0 Å². The second-order valence-electron chi connectivity index (χ2n) is 18.7. The molecule has 0 bridgehead atoms. The predicted octanol–water partition coefficient (Wildman–Crippen LogP) is 17.8. The van der Waals surface area contributed by atoms with Gasteiger partial charge in [0.2, 0.25) is 0 Å². The van der Waals surface area contributed by atoms with Gasteiger partial charge >= 0.3 is 0 Å². The maximum absolute atomic E-state index is 2.55. The molecule has 0 spiro atoms. The highest BCUT2D eigenvalue weighted by atomic mass is 15.1. The Hall–Kier alpha value is -7.16. The smallest absolute Gasteiger partial charge is 0.0541 e. The number of rotatable bonds is 8. The molecule has 0 aliphatic heterocycles. The van der Waals surface area contributed by atoms with Gasteiger partial charge in [-0.3, -0.25) is 0 Å². The van der Waals surface area contributed by atoms with E-state index in [9.17, 15) is 0 Å². The van der Waals surface area contributed by atoms with E-state index in [0.717, 1.165) is 22.7 Å². The fourth-order valence-electron chi connectivity index (χ4n) is 10.6. The molecule has 11 rings (SSSR count). The van der Waals surface area contributed by atoms with E-state index in [2.05, 4.69) is 236 Å². The van der Waals surface area contributed by atoms with Gasteiger partial charge in [-0.15, -0.1) is 0 Å². The zero-order chi connectivity index (χ0) is 43.2. The number of hydrogen-bond acceptors (Lipinski definition) is 1. The third-order valence-corrected chi connectivity index (χ3v) is 13.8. The van der Waals surface area contributed by atoms with Crippen molar-refractivity contribution in [2.45, 2.75) is 64.2 Å². The third kappa shape index (κ3) is 7.08. The van der Waals surface area contributed by atoms with Crippen molar-refractivity contribution in [3.8, 4) is 39.1 Å². The Morgan fingerprint density at radius 1 is 0.438 bits per heavy atom. The summed E-state index contributed by atoms with van der Waals surface area (Å²) in [5.74, 6) is 0.571. The maximum atomic E-state index is 2.55. The molecule has 1 aromatic heterocycles. The van der Waals surface area contributed by atoms with Crippen LogP contribution in [-0.4, -0.2) is 4.57 Å². The van der Waals surface area contributed by atoms with Crippen molar-refractivity contribution in [2.24, 2.45) is 0 Å². The van der Waals surface area contributed by atoms with Crippen molar-refractivity contribution >= 4 is 49.6 Å². The second-order valence-corrected chi connectivity index (χ2v) is 18.7. The van der Waals surface area contributed by atoms with Crippen LogP contribution >= 0.6 is 0 Å². The van der Waals surface area contributed by atoms with Crippen molar-refractivity contribution < 1.29 is 0 Å². The monoisotopic (exact) mass is 826 g/mol. The largest absolute Gasteiger partial charge is 0.309 e. The topological polar surface area (TPSA) is 8.17 Å². The SMILES string of the molecule is CC(C)(C)c1ccc(-c2ccccc2N(c2ccccc2-c2ccc3c(c2)c2ccccc2n3-c2ccccc2)c2ccccc2-c2cccc3cccc(C4CCCCC4)c23)cc1. The van der Waals surface area contributed by atoms with E-state index in [-0.39, 0.29) is 5.41 Å². The molecular weight excluding hydrogens is 773 g/mol. The molecule has 1 aliphatic rings. The highest BCUT2D eigenvalue weighted by Gasteiger charge is 2.26. The van der Waals surface area contributed by atoms with Crippen LogP contribution in [0.3, 0.4) is 0 Å². The summed E-state index contributed by atoms with van der Waals surface area (Å²) in [5, 5.41) is 5.19. The molecule has 64 heavy (non-hydrogen) atoms. The van der Waals surface area contributed by atoms with Crippen LogP contribution < -0.4 is 4.90 Å². The number of anilines is 3. The van der Waals surface area contributed by atoms with Crippen molar-refractivity contribution in [1.29, 1.82) is 0 Å². The molecule has 0 N–H and O–H groups in total. The quantitative estimate of drug-likeness (QED) is 0.148. The molecule has 2 nitrogen and oxygen atoms in total. The molecule has 0 atom stereocenters. The minimum absolute atomic E-state index is 0.0609. The van der Waals surface area contributed by atoms with E-state index in [4.69, 9.17) is 0 Å². The highest BCUT2D eigenvalue weighted by Crippen LogP contribution is 2.50. The normalized spacial score (nSPS) is 13.5. The van der Waals surface area contributed by atoms with Gasteiger partial charge in [-0.2, -0.15) is 0 Å². The molecule has 0 saturated heterocycles. The lowest BCUT2D eigenvalue weighted by atomic mass is 9.80. The van der Waals surface area contributed by atoms with Gasteiger partial charge < -0.3 is 9.47 Å². The number of benzene rings is 9. The second kappa shape index (κ2) is 16.5. The Morgan fingerprint density at radius 2 is 0.984 bits per heavy atom. The zero-order valence-electron chi connectivity index (χ0n) is 37.1. The minimum atomic E-state index is 0.0609. The van der Waals surface area contributed by atoms with Crippen LogP contribution in [0.2, 0.25) is 0 Å². The molecule has 1 saturated carbocycles. The van der Waals surface area contributed by atoms with Crippen LogP contribution in [0.1, 0.15) is 69.9 Å². The Bertz CT molecular complexity index is 3280. The number of para-hydroxylation sites is 5. The molecule has 9 aromatic carbocycles. The van der Waals surface area contributed by atoms with Crippen molar-refractivity contribution in [3.05, 3.63) is 217 Å². The summed E-state index contributed by atoms with van der Waals surface area (Å²) in [7, 11) is 0. The minimum Gasteiger partial charge on any atom is -0.309 e. The molecule has 312 valence electrons. The van der Waals surface area contributed by atoms with E-state index < -0.39 is 0 Å². The van der Waals surface area contributed by atoms with E-state index in [0.29, 0.717) is 5.92 Å². The molecule has 0 radical (unpaired) electrons. The maximum Gasteiger partial charge on any atom is 0.0541 e. The summed E-state index contributed by atoms with van der Waals surface area (Å²) >= 11 is 0. The van der Waals surface area contributed by atoms with Crippen molar-refractivity contribution in [1.82, 2.24) is 4.57 Å². The molecule has 0 unspecified atom stereocenters.